The van der Waals surface area contributed by atoms with Crippen LogP contribution in [-0.4, -0.2) is 58.7 Å². The summed E-state index contributed by atoms with van der Waals surface area (Å²) < 4.78 is 0.121. The lowest BCUT2D eigenvalue weighted by Crippen LogP contribution is -2.59. The van der Waals surface area contributed by atoms with E-state index in [0.29, 0.717) is 6.42 Å². The zero-order valence-electron chi connectivity index (χ0n) is 18.8. The van der Waals surface area contributed by atoms with E-state index in [0.717, 1.165) is 25.7 Å². The number of carboxylic acid groups (broad SMARTS) is 1. The van der Waals surface area contributed by atoms with E-state index < -0.39 is 24.2 Å². The predicted octanol–water partition coefficient (Wildman–Crippen LogP) is 4.86. The first-order valence-corrected chi connectivity index (χ1v) is 11.2. The molecule has 5 nitrogen and oxygen atoms in total. The van der Waals surface area contributed by atoms with Crippen molar-refractivity contribution < 1.29 is 24.6 Å². The summed E-state index contributed by atoms with van der Waals surface area (Å²) >= 11 is 0. The van der Waals surface area contributed by atoms with Gasteiger partial charge in [-0.15, -0.1) is 0 Å². The van der Waals surface area contributed by atoms with Gasteiger partial charge in [-0.25, -0.2) is 0 Å². The summed E-state index contributed by atoms with van der Waals surface area (Å²) in [7, 11) is 5.28. The Morgan fingerprint density at radius 1 is 0.893 bits per heavy atom. The summed E-state index contributed by atoms with van der Waals surface area (Å²) in [5.74, 6) is -1.08. The molecule has 0 spiro atoms. The van der Waals surface area contributed by atoms with Gasteiger partial charge in [0, 0.05) is 0 Å². The number of unbranched alkanes of at least 4 members (excludes halogenated alkanes) is 10. The van der Waals surface area contributed by atoms with E-state index in [9.17, 15) is 15.0 Å². The summed E-state index contributed by atoms with van der Waals surface area (Å²) in [5.41, 5.74) is -1.58. The topological polar surface area (TPSA) is 77.8 Å². The van der Waals surface area contributed by atoms with Crippen LogP contribution in [0.5, 0.6) is 0 Å². The minimum Gasteiger partial charge on any atom is -0.481 e. The number of likely N-dealkylation sites (N-methyl/N-ethyl adjacent to an activating group) is 1. The maximum absolute atomic E-state index is 11.1. The van der Waals surface area contributed by atoms with E-state index in [1.165, 1.54) is 51.4 Å². The molecule has 0 aromatic rings. The van der Waals surface area contributed by atoms with Crippen LogP contribution in [0.4, 0.5) is 0 Å². The molecule has 0 aromatic carbocycles. The van der Waals surface area contributed by atoms with Crippen LogP contribution in [0.15, 0.2) is 12.2 Å². The Morgan fingerprint density at radius 2 is 1.36 bits per heavy atom. The lowest BCUT2D eigenvalue weighted by Gasteiger charge is -2.40. The zero-order chi connectivity index (χ0) is 21.5. The second-order valence-corrected chi connectivity index (χ2v) is 9.14. The molecule has 166 valence electrons. The highest BCUT2D eigenvalue weighted by Crippen LogP contribution is 2.27. The third-order valence-corrected chi connectivity index (χ3v) is 5.29. The summed E-state index contributed by atoms with van der Waals surface area (Å²) in [4.78, 5) is 11.1. The van der Waals surface area contributed by atoms with Crippen LogP contribution in [-0.2, 0) is 4.79 Å². The quantitative estimate of drug-likeness (QED) is 0.133. The van der Waals surface area contributed by atoms with Gasteiger partial charge in [0.15, 0.2) is 5.60 Å². The third-order valence-electron chi connectivity index (χ3n) is 5.29. The van der Waals surface area contributed by atoms with Crippen molar-refractivity contribution in [3.05, 3.63) is 12.2 Å². The number of allylic oxidation sites excluding steroid dienone is 2. The Balaban J connectivity index is 3.89. The molecule has 0 amide bonds. The van der Waals surface area contributed by atoms with Crippen molar-refractivity contribution in [1.82, 2.24) is 0 Å². The highest BCUT2D eigenvalue weighted by Gasteiger charge is 2.45. The molecule has 3 N–H and O–H groups in total. The number of rotatable bonds is 18. The SMILES string of the molecule is CCCCCC/C=C\CCCCCCCC[C@@](O)(CC(=O)O)C(O)[N+](C)(C)C. The fourth-order valence-corrected chi connectivity index (χ4v) is 3.62. The predicted molar refractivity (Wildman–Crippen MR) is 116 cm³/mol. The molecule has 0 bridgehead atoms. The zero-order valence-corrected chi connectivity index (χ0v) is 18.8. The van der Waals surface area contributed by atoms with Gasteiger partial charge in [0.2, 0.25) is 6.23 Å². The number of hydrogen-bond donors (Lipinski definition) is 3. The van der Waals surface area contributed by atoms with Gasteiger partial charge >= 0.3 is 5.97 Å². The van der Waals surface area contributed by atoms with E-state index in [1.807, 2.05) is 0 Å². The normalized spacial score (nSPS) is 15.6. The molecular weight excluding hydrogens is 354 g/mol. The lowest BCUT2D eigenvalue weighted by atomic mass is 9.89. The number of carboxylic acids is 1. The second kappa shape index (κ2) is 15.0. The number of nitrogens with zero attached hydrogens (tertiary/aromatic N) is 1. The number of aliphatic hydroxyl groups excluding tert-OH is 1. The van der Waals surface area contributed by atoms with E-state index in [4.69, 9.17) is 5.11 Å². The van der Waals surface area contributed by atoms with Gasteiger partial charge in [0.05, 0.1) is 27.6 Å². The molecule has 0 saturated carbocycles. The monoisotopic (exact) mass is 400 g/mol. The number of carbonyl (C=O) groups is 1. The molecule has 0 rings (SSSR count). The molecule has 0 aromatic heterocycles. The minimum absolute atomic E-state index is 0.121. The lowest BCUT2D eigenvalue weighted by molar-refractivity contribution is -0.927. The molecule has 0 heterocycles. The molecule has 0 aliphatic heterocycles. The summed E-state index contributed by atoms with van der Waals surface area (Å²) in [6.45, 7) is 2.24. The molecular formula is C23H46NO4+. The minimum atomic E-state index is -1.58. The van der Waals surface area contributed by atoms with Crippen molar-refractivity contribution in [3.8, 4) is 0 Å². The highest BCUT2D eigenvalue weighted by atomic mass is 16.4. The molecule has 1 unspecified atom stereocenters. The Bertz CT molecular complexity index is 431. The van der Waals surface area contributed by atoms with Gasteiger partial charge < -0.3 is 19.8 Å². The van der Waals surface area contributed by atoms with Gasteiger partial charge in [-0.1, -0.05) is 70.4 Å². The van der Waals surface area contributed by atoms with E-state index in [2.05, 4.69) is 19.1 Å². The van der Waals surface area contributed by atoms with Crippen molar-refractivity contribution in [3.63, 3.8) is 0 Å². The average Bonchev–Trinajstić information content (AvgIpc) is 2.60. The van der Waals surface area contributed by atoms with Crippen LogP contribution in [0.25, 0.3) is 0 Å². The largest absolute Gasteiger partial charge is 0.481 e. The summed E-state index contributed by atoms with van der Waals surface area (Å²) in [6, 6.07) is 0. The average molecular weight is 401 g/mol. The van der Waals surface area contributed by atoms with Crippen molar-refractivity contribution in [2.75, 3.05) is 21.1 Å². The third kappa shape index (κ3) is 13.3. The highest BCUT2D eigenvalue weighted by molar-refractivity contribution is 5.68. The van der Waals surface area contributed by atoms with E-state index in [-0.39, 0.29) is 4.48 Å². The van der Waals surface area contributed by atoms with Gasteiger partial charge in [0.25, 0.3) is 0 Å². The molecule has 28 heavy (non-hydrogen) atoms. The van der Waals surface area contributed by atoms with Crippen LogP contribution in [0, 0.1) is 0 Å². The molecule has 0 radical (unpaired) electrons. The number of aliphatic hydroxyl groups is 2. The number of hydrogen-bond acceptors (Lipinski definition) is 3. The molecule has 0 fully saturated rings. The van der Waals surface area contributed by atoms with Gasteiger partial charge in [-0.2, -0.15) is 0 Å². The van der Waals surface area contributed by atoms with Crippen LogP contribution in [0.1, 0.15) is 96.8 Å². The number of aliphatic carboxylic acids is 1. The Kier molecular flexibility index (Phi) is 14.5. The molecule has 0 aliphatic rings. The fourth-order valence-electron chi connectivity index (χ4n) is 3.62. The number of quaternary nitrogens is 1. The first-order chi connectivity index (χ1) is 13.1. The summed E-state index contributed by atoms with van der Waals surface area (Å²) in [5, 5.41) is 30.2. The standard InChI is InChI=1S/C23H45NO4/c1-5-6-7-8-9-10-11-12-13-14-15-16-17-18-19-23(28,20-21(25)26)22(27)24(2,3)4/h10-11,22,27-28H,5-9,12-20H2,1-4H3/p+1/b11-10-/t22?,23-/m1/s1. The van der Waals surface area contributed by atoms with Crippen molar-refractivity contribution in [2.45, 2.75) is 109 Å². The second-order valence-electron chi connectivity index (χ2n) is 9.14. The first kappa shape index (κ1) is 27.1. The van der Waals surface area contributed by atoms with E-state index >= 15 is 0 Å². The van der Waals surface area contributed by atoms with Crippen LogP contribution < -0.4 is 0 Å². The summed E-state index contributed by atoms with van der Waals surface area (Å²) in [6.07, 6.45) is 17.4. The Labute approximate surface area is 173 Å². The van der Waals surface area contributed by atoms with Crippen molar-refractivity contribution in [2.24, 2.45) is 0 Å². The fraction of sp³-hybridized carbons (Fsp3) is 0.870. The smallest absolute Gasteiger partial charge is 0.306 e. The van der Waals surface area contributed by atoms with Crippen LogP contribution in [0.3, 0.4) is 0 Å². The Morgan fingerprint density at radius 3 is 1.82 bits per heavy atom. The van der Waals surface area contributed by atoms with Gasteiger partial charge in [-0.05, 0) is 32.1 Å². The van der Waals surface area contributed by atoms with Crippen LogP contribution in [0.2, 0.25) is 0 Å². The first-order valence-electron chi connectivity index (χ1n) is 11.2. The Hall–Kier alpha value is -0.910. The maximum Gasteiger partial charge on any atom is 0.306 e. The van der Waals surface area contributed by atoms with Gasteiger partial charge in [-0.3, -0.25) is 4.79 Å². The van der Waals surface area contributed by atoms with Crippen molar-refractivity contribution >= 4 is 5.97 Å². The molecule has 5 heteroatoms. The van der Waals surface area contributed by atoms with Gasteiger partial charge in [0.1, 0.15) is 0 Å². The molecule has 0 aliphatic carbocycles. The molecule has 0 saturated heterocycles. The maximum atomic E-state index is 11.1. The van der Waals surface area contributed by atoms with E-state index in [1.54, 1.807) is 21.1 Å². The van der Waals surface area contributed by atoms with Crippen molar-refractivity contribution in [1.29, 1.82) is 0 Å². The van der Waals surface area contributed by atoms with Crippen LogP contribution >= 0.6 is 0 Å². The molecule has 2 atom stereocenters.